The van der Waals surface area contributed by atoms with Gasteiger partial charge in [0.2, 0.25) is 0 Å². The Bertz CT molecular complexity index is 1430. The number of halogens is 1. The number of benzene rings is 2. The molecule has 33 heavy (non-hydrogen) atoms. The van der Waals surface area contributed by atoms with Crippen LogP contribution in [0, 0.1) is 12.7 Å². The number of carbonyl (C=O) groups is 2. The van der Waals surface area contributed by atoms with Crippen LogP contribution in [0.5, 0.6) is 0 Å². The third-order valence-electron chi connectivity index (χ3n) is 5.65. The summed E-state index contributed by atoms with van der Waals surface area (Å²) in [6.07, 6.45) is 0.858. The monoisotopic (exact) mass is 462 g/mol. The van der Waals surface area contributed by atoms with E-state index < -0.39 is 29.3 Å². The van der Waals surface area contributed by atoms with Crippen molar-refractivity contribution in [2.45, 2.75) is 26.3 Å². The van der Waals surface area contributed by atoms with E-state index in [0.29, 0.717) is 22.2 Å². The molecule has 2 aromatic carbocycles. The zero-order chi connectivity index (χ0) is 23.3. The normalized spacial score (nSPS) is 17.9. The van der Waals surface area contributed by atoms with Gasteiger partial charge in [-0.05, 0) is 67.4 Å². The van der Waals surface area contributed by atoms with E-state index in [1.54, 1.807) is 19.1 Å². The Labute approximate surface area is 192 Å². The first kappa shape index (κ1) is 21.1. The van der Waals surface area contributed by atoms with E-state index in [0.717, 1.165) is 16.7 Å². The lowest BCUT2D eigenvalue weighted by Gasteiger charge is -2.20. The molecule has 1 amide bonds. The Hall–Kier alpha value is -3.78. The Morgan fingerprint density at radius 3 is 2.58 bits per heavy atom. The molecular weight excluding hydrogens is 443 g/mol. The topological polar surface area (TPSA) is 83.6 Å². The maximum Gasteiger partial charge on any atom is 0.302 e. The number of ketones is 1. The quantitative estimate of drug-likeness (QED) is 0.245. The molecule has 2 aromatic heterocycles. The molecule has 1 aliphatic heterocycles. The fraction of sp³-hybridized carbons (Fsp3) is 0.160. The lowest BCUT2D eigenvalue weighted by Crippen LogP contribution is -2.29. The van der Waals surface area contributed by atoms with Crippen molar-refractivity contribution in [2.75, 3.05) is 4.90 Å². The SMILES string of the molecule is CCc1ccc2nc(N3C(=O)C(=O)C(=C(O)c4ccc(F)cc4)[C@H]3c3ccc(C)o3)sc2c1. The lowest BCUT2D eigenvalue weighted by molar-refractivity contribution is -0.132. The van der Waals surface area contributed by atoms with Crippen LogP contribution in [-0.2, 0) is 16.0 Å². The van der Waals surface area contributed by atoms with Crippen molar-refractivity contribution in [3.8, 4) is 0 Å². The van der Waals surface area contributed by atoms with Gasteiger partial charge in [0.05, 0.1) is 15.8 Å². The van der Waals surface area contributed by atoms with Gasteiger partial charge in [0.15, 0.2) is 5.13 Å². The number of amides is 1. The van der Waals surface area contributed by atoms with Crippen molar-refractivity contribution in [1.29, 1.82) is 0 Å². The van der Waals surface area contributed by atoms with E-state index >= 15 is 0 Å². The van der Waals surface area contributed by atoms with Crippen LogP contribution in [0.2, 0.25) is 0 Å². The Balaban J connectivity index is 1.70. The van der Waals surface area contributed by atoms with E-state index in [2.05, 4.69) is 11.9 Å². The second-order valence-corrected chi connectivity index (χ2v) is 8.79. The van der Waals surface area contributed by atoms with Crippen molar-refractivity contribution in [3.05, 3.63) is 88.6 Å². The van der Waals surface area contributed by atoms with Crippen molar-refractivity contribution in [1.82, 2.24) is 4.98 Å². The lowest BCUT2D eigenvalue weighted by atomic mass is 9.99. The molecular formula is C25H19FN2O4S. The number of fused-ring (bicyclic) bond motifs is 1. The number of aryl methyl sites for hydroxylation is 2. The highest BCUT2D eigenvalue weighted by molar-refractivity contribution is 7.22. The van der Waals surface area contributed by atoms with Crippen LogP contribution < -0.4 is 4.90 Å². The Morgan fingerprint density at radius 2 is 1.91 bits per heavy atom. The highest BCUT2D eigenvalue weighted by Crippen LogP contribution is 2.44. The maximum absolute atomic E-state index is 13.4. The highest BCUT2D eigenvalue weighted by atomic mass is 32.1. The van der Waals surface area contributed by atoms with Crippen LogP contribution in [0.4, 0.5) is 9.52 Å². The number of rotatable bonds is 4. The molecule has 0 aliphatic carbocycles. The van der Waals surface area contributed by atoms with E-state index in [9.17, 15) is 19.1 Å². The molecule has 8 heteroatoms. The molecule has 6 nitrogen and oxygen atoms in total. The summed E-state index contributed by atoms with van der Waals surface area (Å²) in [6.45, 7) is 3.80. The third kappa shape index (κ3) is 3.52. The number of nitrogens with zero attached hydrogens (tertiary/aromatic N) is 2. The fourth-order valence-electron chi connectivity index (χ4n) is 3.94. The van der Waals surface area contributed by atoms with Gasteiger partial charge in [0, 0.05) is 5.56 Å². The summed E-state index contributed by atoms with van der Waals surface area (Å²) in [5.74, 6) is -1.63. The van der Waals surface area contributed by atoms with Crippen molar-refractivity contribution in [3.63, 3.8) is 0 Å². The first-order valence-corrected chi connectivity index (χ1v) is 11.2. The summed E-state index contributed by atoms with van der Waals surface area (Å²) < 4.78 is 20.1. The first-order valence-electron chi connectivity index (χ1n) is 10.4. The van der Waals surface area contributed by atoms with Gasteiger partial charge in [-0.1, -0.05) is 24.3 Å². The summed E-state index contributed by atoms with van der Waals surface area (Å²) in [4.78, 5) is 32.2. The number of aliphatic hydroxyl groups is 1. The van der Waals surface area contributed by atoms with Crippen molar-refractivity contribution in [2.24, 2.45) is 0 Å². The molecule has 4 aromatic rings. The van der Waals surface area contributed by atoms with Gasteiger partial charge in [-0.2, -0.15) is 0 Å². The summed E-state index contributed by atoms with van der Waals surface area (Å²) in [6, 6.07) is 13.3. The van der Waals surface area contributed by atoms with E-state index in [1.807, 2.05) is 18.2 Å². The van der Waals surface area contributed by atoms with E-state index in [4.69, 9.17) is 4.42 Å². The van der Waals surface area contributed by atoms with Gasteiger partial charge in [-0.3, -0.25) is 14.5 Å². The zero-order valence-electron chi connectivity index (χ0n) is 17.8. The standard InChI is InChI=1S/C25H19FN2O4S/c1-3-14-5-10-17-19(12-14)33-25(27-17)28-21(18-11-4-13(2)32-18)20(23(30)24(28)31)22(29)15-6-8-16(26)9-7-15/h4-12,21,29H,3H2,1-2H3/t21-/m1/s1. The van der Waals surface area contributed by atoms with Gasteiger partial charge in [-0.25, -0.2) is 9.37 Å². The number of aromatic nitrogens is 1. The van der Waals surface area contributed by atoms with Crippen molar-refractivity contribution >= 4 is 44.1 Å². The number of furan rings is 1. The number of thiazole rings is 1. The van der Waals surface area contributed by atoms with E-state index in [1.165, 1.54) is 40.5 Å². The van der Waals surface area contributed by atoms with Crippen LogP contribution in [-0.4, -0.2) is 21.8 Å². The van der Waals surface area contributed by atoms with Crippen LogP contribution in [0.1, 0.15) is 35.6 Å². The number of carbonyl (C=O) groups excluding carboxylic acids is 2. The number of hydrogen-bond acceptors (Lipinski definition) is 6. The van der Waals surface area contributed by atoms with E-state index in [-0.39, 0.29) is 11.1 Å². The molecule has 1 fully saturated rings. The summed E-state index contributed by atoms with van der Waals surface area (Å²) in [7, 11) is 0. The molecule has 1 aliphatic rings. The molecule has 0 saturated carbocycles. The third-order valence-corrected chi connectivity index (χ3v) is 6.67. The van der Waals surface area contributed by atoms with Crippen LogP contribution >= 0.6 is 11.3 Å². The predicted octanol–water partition coefficient (Wildman–Crippen LogP) is 5.53. The summed E-state index contributed by atoms with van der Waals surface area (Å²) in [5, 5.41) is 11.3. The second kappa shape index (κ2) is 7.97. The zero-order valence-corrected chi connectivity index (χ0v) is 18.6. The summed E-state index contributed by atoms with van der Waals surface area (Å²) >= 11 is 1.29. The van der Waals surface area contributed by atoms with Crippen LogP contribution in [0.3, 0.4) is 0 Å². The van der Waals surface area contributed by atoms with Gasteiger partial charge in [-0.15, -0.1) is 0 Å². The van der Waals surface area contributed by atoms with Gasteiger partial charge in [0.25, 0.3) is 5.78 Å². The van der Waals surface area contributed by atoms with Crippen LogP contribution in [0.15, 0.2) is 64.6 Å². The number of aliphatic hydroxyl groups excluding tert-OH is 1. The average Bonchev–Trinajstić information content (AvgIpc) is 3.49. The fourth-order valence-corrected chi connectivity index (χ4v) is 5.00. The molecule has 1 atom stereocenters. The molecule has 3 heterocycles. The smallest absolute Gasteiger partial charge is 0.302 e. The Morgan fingerprint density at radius 1 is 1.15 bits per heavy atom. The number of anilines is 1. The Kier molecular flexibility index (Phi) is 5.09. The summed E-state index contributed by atoms with van der Waals surface area (Å²) in [5.41, 5.74) is 1.94. The minimum atomic E-state index is -1.00. The van der Waals surface area contributed by atoms with Crippen molar-refractivity contribution < 1.29 is 23.5 Å². The second-order valence-electron chi connectivity index (χ2n) is 7.78. The largest absolute Gasteiger partial charge is 0.507 e. The predicted molar refractivity (Wildman–Crippen MR) is 124 cm³/mol. The molecule has 0 bridgehead atoms. The minimum absolute atomic E-state index is 0.130. The molecule has 0 spiro atoms. The first-order chi connectivity index (χ1) is 15.9. The molecule has 1 N–H and O–H groups in total. The molecule has 0 radical (unpaired) electrons. The number of Topliss-reactive ketones (excluding diaryl/α,β-unsaturated/α-hetero) is 1. The van der Waals surface area contributed by atoms with Gasteiger partial charge in [0.1, 0.15) is 29.1 Å². The molecule has 166 valence electrons. The average molecular weight is 463 g/mol. The highest BCUT2D eigenvalue weighted by Gasteiger charge is 2.49. The molecule has 1 saturated heterocycles. The van der Waals surface area contributed by atoms with Gasteiger partial charge < -0.3 is 9.52 Å². The number of hydrogen-bond donors (Lipinski definition) is 1. The molecule has 0 unspecified atom stereocenters. The maximum atomic E-state index is 13.4. The molecule has 5 rings (SSSR count). The van der Waals surface area contributed by atoms with Crippen LogP contribution in [0.25, 0.3) is 16.0 Å². The van der Waals surface area contributed by atoms with Gasteiger partial charge >= 0.3 is 5.91 Å². The minimum Gasteiger partial charge on any atom is -0.507 e.